The van der Waals surface area contributed by atoms with Gasteiger partial charge >= 0.3 is 0 Å². The predicted molar refractivity (Wildman–Crippen MR) is 122 cm³/mol. The van der Waals surface area contributed by atoms with Crippen LogP contribution in [0.3, 0.4) is 0 Å². The van der Waals surface area contributed by atoms with Crippen LogP contribution in [-0.2, 0) is 21.2 Å². The first-order valence-electron chi connectivity index (χ1n) is 9.52. The van der Waals surface area contributed by atoms with Gasteiger partial charge in [0.25, 0.3) is 0 Å². The summed E-state index contributed by atoms with van der Waals surface area (Å²) in [6.07, 6.45) is 1.67. The Hall–Kier alpha value is -2.61. The first kappa shape index (κ1) is 22.1. The SMILES string of the molecule is CS(=O)(=O)N(CCc1ccccc1)CC(=O)Nc1ccccc1Sc1ccccc1. The van der Waals surface area contributed by atoms with Crippen molar-refractivity contribution in [1.29, 1.82) is 0 Å². The van der Waals surface area contributed by atoms with E-state index in [0.29, 0.717) is 12.1 Å². The van der Waals surface area contributed by atoms with E-state index in [2.05, 4.69) is 5.32 Å². The Morgan fingerprint density at radius 1 is 0.900 bits per heavy atom. The summed E-state index contributed by atoms with van der Waals surface area (Å²) in [5.74, 6) is -0.366. The van der Waals surface area contributed by atoms with Gasteiger partial charge in [-0.2, -0.15) is 4.31 Å². The lowest BCUT2D eigenvalue weighted by atomic mass is 10.1. The van der Waals surface area contributed by atoms with Crippen LogP contribution in [0.5, 0.6) is 0 Å². The molecule has 0 saturated heterocycles. The summed E-state index contributed by atoms with van der Waals surface area (Å²) in [5, 5.41) is 2.87. The second-order valence-electron chi connectivity index (χ2n) is 6.79. The molecule has 3 rings (SSSR count). The molecule has 0 unspecified atom stereocenters. The number of nitrogens with one attached hydrogen (secondary N) is 1. The van der Waals surface area contributed by atoms with Crippen LogP contribution in [0.15, 0.2) is 94.7 Å². The highest BCUT2D eigenvalue weighted by Gasteiger charge is 2.20. The molecule has 0 fully saturated rings. The highest BCUT2D eigenvalue weighted by molar-refractivity contribution is 7.99. The fourth-order valence-electron chi connectivity index (χ4n) is 2.88. The number of sulfonamides is 1. The molecule has 0 heterocycles. The van der Waals surface area contributed by atoms with E-state index in [0.717, 1.165) is 21.6 Å². The van der Waals surface area contributed by atoms with Gasteiger partial charge in [0.1, 0.15) is 0 Å². The van der Waals surface area contributed by atoms with Crippen LogP contribution in [-0.4, -0.2) is 38.0 Å². The van der Waals surface area contributed by atoms with Crippen LogP contribution >= 0.6 is 11.8 Å². The molecular formula is C23H24N2O3S2. The highest BCUT2D eigenvalue weighted by Crippen LogP contribution is 2.33. The van der Waals surface area contributed by atoms with Crippen molar-refractivity contribution >= 4 is 33.4 Å². The van der Waals surface area contributed by atoms with Crippen molar-refractivity contribution in [2.45, 2.75) is 16.2 Å². The number of carbonyl (C=O) groups excluding carboxylic acids is 1. The molecule has 156 valence electrons. The summed E-state index contributed by atoms with van der Waals surface area (Å²) in [5.41, 5.74) is 1.68. The molecule has 0 aromatic heterocycles. The van der Waals surface area contributed by atoms with Crippen molar-refractivity contribution in [1.82, 2.24) is 4.31 Å². The molecule has 3 aromatic carbocycles. The van der Waals surface area contributed by atoms with Crippen molar-refractivity contribution in [3.05, 3.63) is 90.5 Å². The van der Waals surface area contributed by atoms with Crippen LogP contribution in [0.25, 0.3) is 0 Å². The van der Waals surface area contributed by atoms with E-state index in [1.54, 1.807) is 11.8 Å². The molecule has 0 radical (unpaired) electrons. The van der Waals surface area contributed by atoms with Gasteiger partial charge < -0.3 is 5.32 Å². The van der Waals surface area contributed by atoms with Crippen molar-refractivity contribution < 1.29 is 13.2 Å². The Morgan fingerprint density at radius 2 is 1.50 bits per heavy atom. The van der Waals surface area contributed by atoms with Gasteiger partial charge in [-0.05, 0) is 36.2 Å². The van der Waals surface area contributed by atoms with Gasteiger partial charge in [0, 0.05) is 16.3 Å². The minimum absolute atomic E-state index is 0.226. The molecule has 30 heavy (non-hydrogen) atoms. The average molecular weight is 441 g/mol. The fourth-order valence-corrected chi connectivity index (χ4v) is 4.58. The van der Waals surface area contributed by atoms with Crippen LogP contribution in [0.2, 0.25) is 0 Å². The zero-order chi connectivity index (χ0) is 21.4. The maximum atomic E-state index is 12.7. The molecule has 3 aromatic rings. The predicted octanol–water partition coefficient (Wildman–Crippen LogP) is 4.28. The normalized spacial score (nSPS) is 11.4. The minimum atomic E-state index is -3.51. The smallest absolute Gasteiger partial charge is 0.239 e. The summed E-state index contributed by atoms with van der Waals surface area (Å²) in [4.78, 5) is 14.6. The maximum Gasteiger partial charge on any atom is 0.239 e. The van der Waals surface area contributed by atoms with Gasteiger partial charge in [-0.1, -0.05) is 72.4 Å². The van der Waals surface area contributed by atoms with Crippen LogP contribution < -0.4 is 5.32 Å². The number of hydrogen-bond acceptors (Lipinski definition) is 4. The maximum absolute atomic E-state index is 12.7. The number of nitrogens with zero attached hydrogens (tertiary/aromatic N) is 1. The topological polar surface area (TPSA) is 66.5 Å². The first-order valence-corrected chi connectivity index (χ1v) is 12.2. The van der Waals surface area contributed by atoms with Gasteiger partial charge in [-0.3, -0.25) is 4.79 Å². The van der Waals surface area contributed by atoms with Crippen molar-refractivity contribution in [2.24, 2.45) is 0 Å². The summed E-state index contributed by atoms with van der Waals surface area (Å²) in [6.45, 7) is 0.0205. The third-order valence-electron chi connectivity index (χ3n) is 4.41. The zero-order valence-corrected chi connectivity index (χ0v) is 18.3. The summed E-state index contributed by atoms with van der Waals surface area (Å²) < 4.78 is 25.6. The second-order valence-corrected chi connectivity index (χ2v) is 9.89. The molecule has 1 amide bonds. The van der Waals surface area contributed by atoms with Gasteiger partial charge in [0.05, 0.1) is 18.5 Å². The standard InChI is InChI=1S/C23H24N2O3S2/c1-30(27,28)25(17-16-19-10-4-2-5-11-19)18-23(26)24-21-14-8-9-15-22(21)29-20-12-6-3-7-13-20/h2-15H,16-18H2,1H3,(H,24,26). The lowest BCUT2D eigenvalue weighted by Crippen LogP contribution is -2.38. The van der Waals surface area contributed by atoms with Gasteiger partial charge in [0.15, 0.2) is 0 Å². The third kappa shape index (κ3) is 6.73. The fraction of sp³-hybridized carbons (Fsp3) is 0.174. The monoisotopic (exact) mass is 440 g/mol. The molecule has 0 bridgehead atoms. The largest absolute Gasteiger partial charge is 0.324 e. The molecule has 5 nitrogen and oxygen atoms in total. The summed E-state index contributed by atoms with van der Waals surface area (Å²) in [7, 11) is -3.51. The van der Waals surface area contributed by atoms with E-state index in [1.165, 1.54) is 4.31 Å². The molecule has 0 spiro atoms. The molecule has 0 aliphatic heterocycles. The molecule has 0 aliphatic carbocycles. The number of hydrogen-bond donors (Lipinski definition) is 1. The second kappa shape index (κ2) is 10.4. The van der Waals surface area contributed by atoms with Gasteiger partial charge in [-0.25, -0.2) is 8.42 Å². The molecule has 0 atom stereocenters. The minimum Gasteiger partial charge on any atom is -0.324 e. The van der Waals surface area contributed by atoms with E-state index >= 15 is 0 Å². The number of benzene rings is 3. The lowest BCUT2D eigenvalue weighted by Gasteiger charge is -2.20. The number of rotatable bonds is 9. The first-order chi connectivity index (χ1) is 14.4. The number of amides is 1. The molecule has 0 saturated carbocycles. The van der Waals surface area contributed by atoms with E-state index in [-0.39, 0.29) is 19.0 Å². The van der Waals surface area contributed by atoms with Crippen LogP contribution in [0.4, 0.5) is 5.69 Å². The number of para-hydroxylation sites is 1. The highest BCUT2D eigenvalue weighted by atomic mass is 32.2. The lowest BCUT2D eigenvalue weighted by molar-refractivity contribution is -0.116. The van der Waals surface area contributed by atoms with E-state index in [9.17, 15) is 13.2 Å². The van der Waals surface area contributed by atoms with E-state index in [4.69, 9.17) is 0 Å². The molecule has 7 heteroatoms. The summed E-state index contributed by atoms with van der Waals surface area (Å²) in [6, 6.07) is 27.0. The van der Waals surface area contributed by atoms with Gasteiger partial charge in [0.2, 0.25) is 15.9 Å². The molecule has 1 N–H and O–H groups in total. The van der Waals surface area contributed by atoms with Crippen molar-refractivity contribution in [2.75, 3.05) is 24.7 Å². The Bertz CT molecular complexity index is 1070. The Morgan fingerprint density at radius 3 is 2.17 bits per heavy atom. The molecular weight excluding hydrogens is 416 g/mol. The Kier molecular flexibility index (Phi) is 7.68. The zero-order valence-electron chi connectivity index (χ0n) is 16.7. The van der Waals surface area contributed by atoms with Gasteiger partial charge in [-0.15, -0.1) is 0 Å². The van der Waals surface area contributed by atoms with Crippen LogP contribution in [0, 0.1) is 0 Å². The molecule has 0 aliphatic rings. The van der Waals surface area contributed by atoms with E-state index < -0.39 is 10.0 Å². The number of anilines is 1. The average Bonchev–Trinajstić information content (AvgIpc) is 2.73. The van der Waals surface area contributed by atoms with Crippen molar-refractivity contribution in [3.63, 3.8) is 0 Å². The summed E-state index contributed by atoms with van der Waals surface area (Å²) >= 11 is 1.54. The quantitative estimate of drug-likeness (QED) is 0.539. The van der Waals surface area contributed by atoms with Crippen molar-refractivity contribution in [3.8, 4) is 0 Å². The third-order valence-corrected chi connectivity index (χ3v) is 6.75. The Balaban J connectivity index is 1.67. The Labute approximate surface area is 182 Å². The van der Waals surface area contributed by atoms with E-state index in [1.807, 2.05) is 84.9 Å². The van der Waals surface area contributed by atoms with Crippen LogP contribution in [0.1, 0.15) is 5.56 Å². The number of carbonyl (C=O) groups is 1.